The molecule has 0 heterocycles. The summed E-state index contributed by atoms with van der Waals surface area (Å²) in [6.45, 7) is 2.02. The molecule has 2 atom stereocenters. The molecule has 3 N–H and O–H groups in total. The van der Waals surface area contributed by atoms with Gasteiger partial charge in [0.2, 0.25) is 0 Å². The standard InChI is InChI=1S/C22H32O4/c1-2-3-14-17-20(23)21(24)18-15-12-10-8-6-4-5-7-9-11-13-16-19-22(25)26/h3,5-8,10-15,18,20-21,23-24H,2,4,9,16-17,19H2,1H3,(H,25,26)/b7-5-,8-6-,12-10+,13-11-,14-3-,18-15+/t20-,21-/m0/s1. The molecular weight excluding hydrogens is 328 g/mol. The van der Waals surface area contributed by atoms with Crippen LogP contribution < -0.4 is 0 Å². The summed E-state index contributed by atoms with van der Waals surface area (Å²) in [5.74, 6) is -0.770. The van der Waals surface area contributed by atoms with Crippen molar-refractivity contribution in [1.29, 1.82) is 0 Å². The maximum Gasteiger partial charge on any atom is 0.303 e. The van der Waals surface area contributed by atoms with Gasteiger partial charge in [0, 0.05) is 6.42 Å². The van der Waals surface area contributed by atoms with Crippen LogP contribution in [0, 0.1) is 0 Å². The van der Waals surface area contributed by atoms with Gasteiger partial charge >= 0.3 is 5.97 Å². The number of carboxylic acid groups (broad SMARTS) is 1. The van der Waals surface area contributed by atoms with Gasteiger partial charge in [-0.3, -0.25) is 4.79 Å². The lowest BCUT2D eigenvalue weighted by molar-refractivity contribution is -0.136. The summed E-state index contributed by atoms with van der Waals surface area (Å²) >= 11 is 0. The van der Waals surface area contributed by atoms with Gasteiger partial charge in [-0.1, -0.05) is 79.8 Å². The molecule has 0 bridgehead atoms. The van der Waals surface area contributed by atoms with E-state index in [1.165, 1.54) is 0 Å². The second-order valence-corrected chi connectivity index (χ2v) is 5.72. The van der Waals surface area contributed by atoms with E-state index in [0.717, 1.165) is 19.3 Å². The molecule has 0 aliphatic rings. The van der Waals surface area contributed by atoms with Crippen LogP contribution in [0.4, 0.5) is 0 Å². The first-order valence-corrected chi connectivity index (χ1v) is 9.10. The summed E-state index contributed by atoms with van der Waals surface area (Å²) in [6.07, 6.45) is 24.8. The van der Waals surface area contributed by atoms with Crippen LogP contribution in [-0.2, 0) is 4.79 Å². The fourth-order valence-corrected chi connectivity index (χ4v) is 1.90. The van der Waals surface area contributed by atoms with Gasteiger partial charge in [0.15, 0.2) is 0 Å². The summed E-state index contributed by atoms with van der Waals surface area (Å²) in [4.78, 5) is 10.3. The lowest BCUT2D eigenvalue weighted by atomic mass is 10.1. The van der Waals surface area contributed by atoms with Crippen molar-refractivity contribution >= 4 is 5.97 Å². The van der Waals surface area contributed by atoms with Crippen LogP contribution in [0.5, 0.6) is 0 Å². The molecular formula is C22H32O4. The SMILES string of the molecule is CC/C=C\C[C@H](O)[C@@H](O)/C=C/C=C/C=C\C/C=C\C/C=C\CCC(=O)O. The molecule has 0 aromatic carbocycles. The number of rotatable bonds is 14. The predicted octanol–water partition coefficient (Wildman–Crippen LogP) is 4.49. The zero-order valence-corrected chi connectivity index (χ0v) is 15.6. The van der Waals surface area contributed by atoms with Crippen molar-refractivity contribution in [3.8, 4) is 0 Å². The molecule has 0 aliphatic heterocycles. The maximum absolute atomic E-state index is 10.3. The van der Waals surface area contributed by atoms with Gasteiger partial charge in [-0.05, 0) is 32.1 Å². The second kappa shape index (κ2) is 17.6. The van der Waals surface area contributed by atoms with Gasteiger partial charge in [-0.25, -0.2) is 0 Å². The van der Waals surface area contributed by atoms with Crippen LogP contribution in [0.25, 0.3) is 0 Å². The number of aliphatic hydroxyl groups is 2. The summed E-state index contributed by atoms with van der Waals surface area (Å²) in [5, 5.41) is 28.0. The van der Waals surface area contributed by atoms with Crippen molar-refractivity contribution in [3.05, 3.63) is 72.9 Å². The highest BCUT2D eigenvalue weighted by Gasteiger charge is 2.10. The highest BCUT2D eigenvalue weighted by molar-refractivity contribution is 5.66. The van der Waals surface area contributed by atoms with Crippen LogP contribution in [0.15, 0.2) is 72.9 Å². The zero-order valence-electron chi connectivity index (χ0n) is 15.6. The van der Waals surface area contributed by atoms with E-state index >= 15 is 0 Å². The van der Waals surface area contributed by atoms with Crippen molar-refractivity contribution in [2.24, 2.45) is 0 Å². The molecule has 0 aromatic heterocycles. The molecule has 26 heavy (non-hydrogen) atoms. The van der Waals surface area contributed by atoms with E-state index in [0.29, 0.717) is 12.8 Å². The Kier molecular flexibility index (Phi) is 16.2. The molecule has 0 aliphatic carbocycles. The number of carbonyl (C=O) groups is 1. The molecule has 0 aromatic rings. The Labute approximate surface area is 157 Å². The molecule has 0 saturated heterocycles. The van der Waals surface area contributed by atoms with Crippen LogP contribution in [0.3, 0.4) is 0 Å². The fourth-order valence-electron chi connectivity index (χ4n) is 1.90. The lowest BCUT2D eigenvalue weighted by Gasteiger charge is -2.11. The molecule has 4 heteroatoms. The second-order valence-electron chi connectivity index (χ2n) is 5.72. The number of aliphatic carboxylic acids is 1. The number of hydrogen-bond donors (Lipinski definition) is 3. The van der Waals surface area contributed by atoms with E-state index in [2.05, 4.69) is 0 Å². The molecule has 0 spiro atoms. The van der Waals surface area contributed by atoms with Crippen molar-refractivity contribution in [3.63, 3.8) is 0 Å². The van der Waals surface area contributed by atoms with Crippen molar-refractivity contribution in [2.75, 3.05) is 0 Å². The van der Waals surface area contributed by atoms with E-state index in [4.69, 9.17) is 5.11 Å². The Morgan fingerprint density at radius 1 is 0.846 bits per heavy atom. The lowest BCUT2D eigenvalue weighted by Crippen LogP contribution is -2.22. The van der Waals surface area contributed by atoms with Crippen LogP contribution in [0.2, 0.25) is 0 Å². The summed E-state index contributed by atoms with van der Waals surface area (Å²) in [6, 6.07) is 0. The molecule has 0 fully saturated rings. The maximum atomic E-state index is 10.3. The van der Waals surface area contributed by atoms with Crippen molar-refractivity contribution in [2.45, 2.75) is 57.7 Å². The van der Waals surface area contributed by atoms with E-state index in [9.17, 15) is 15.0 Å². The number of carboxylic acids is 1. The van der Waals surface area contributed by atoms with Gasteiger partial charge in [0.25, 0.3) is 0 Å². The summed E-state index contributed by atoms with van der Waals surface area (Å²) in [7, 11) is 0. The molecule has 0 saturated carbocycles. The summed E-state index contributed by atoms with van der Waals surface area (Å²) < 4.78 is 0. The van der Waals surface area contributed by atoms with Crippen LogP contribution >= 0.6 is 0 Å². The highest BCUT2D eigenvalue weighted by Crippen LogP contribution is 2.02. The van der Waals surface area contributed by atoms with Gasteiger partial charge in [-0.15, -0.1) is 0 Å². The Balaban J connectivity index is 3.85. The summed E-state index contributed by atoms with van der Waals surface area (Å²) in [5.41, 5.74) is 0. The Bertz CT molecular complexity index is 524. The topological polar surface area (TPSA) is 77.8 Å². The minimum absolute atomic E-state index is 0.176. The smallest absolute Gasteiger partial charge is 0.303 e. The molecule has 0 rings (SSSR count). The Morgan fingerprint density at radius 2 is 1.50 bits per heavy atom. The molecule has 0 radical (unpaired) electrons. The predicted molar refractivity (Wildman–Crippen MR) is 108 cm³/mol. The number of allylic oxidation sites excluding steroid dienone is 10. The van der Waals surface area contributed by atoms with E-state index < -0.39 is 18.2 Å². The molecule has 0 amide bonds. The van der Waals surface area contributed by atoms with Gasteiger partial charge in [-0.2, -0.15) is 0 Å². The van der Waals surface area contributed by atoms with Crippen molar-refractivity contribution < 1.29 is 20.1 Å². The average molecular weight is 360 g/mol. The van der Waals surface area contributed by atoms with Crippen LogP contribution in [-0.4, -0.2) is 33.5 Å². The number of aliphatic hydroxyl groups excluding tert-OH is 2. The van der Waals surface area contributed by atoms with Gasteiger partial charge < -0.3 is 15.3 Å². The van der Waals surface area contributed by atoms with E-state index in [1.54, 1.807) is 12.2 Å². The zero-order chi connectivity index (χ0) is 19.5. The van der Waals surface area contributed by atoms with Crippen LogP contribution in [0.1, 0.15) is 45.4 Å². The Morgan fingerprint density at radius 3 is 2.19 bits per heavy atom. The third kappa shape index (κ3) is 16.7. The fraction of sp³-hybridized carbons (Fsp3) is 0.409. The van der Waals surface area contributed by atoms with E-state index in [1.807, 2.05) is 67.7 Å². The number of hydrogen-bond acceptors (Lipinski definition) is 3. The minimum Gasteiger partial charge on any atom is -0.481 e. The van der Waals surface area contributed by atoms with Crippen molar-refractivity contribution in [1.82, 2.24) is 0 Å². The third-order valence-electron chi connectivity index (χ3n) is 3.35. The first-order chi connectivity index (χ1) is 12.6. The molecule has 0 unspecified atom stereocenters. The quantitative estimate of drug-likeness (QED) is 0.315. The van der Waals surface area contributed by atoms with Gasteiger partial charge in [0.05, 0.1) is 12.2 Å². The monoisotopic (exact) mass is 360 g/mol. The normalized spacial score (nSPS) is 15.5. The first-order valence-electron chi connectivity index (χ1n) is 9.10. The third-order valence-corrected chi connectivity index (χ3v) is 3.35. The minimum atomic E-state index is -0.864. The largest absolute Gasteiger partial charge is 0.481 e. The Hall–Kier alpha value is -2.17. The molecule has 4 nitrogen and oxygen atoms in total. The van der Waals surface area contributed by atoms with Gasteiger partial charge in [0.1, 0.15) is 0 Å². The average Bonchev–Trinajstić information content (AvgIpc) is 2.61. The highest BCUT2D eigenvalue weighted by atomic mass is 16.4. The van der Waals surface area contributed by atoms with E-state index in [-0.39, 0.29) is 6.42 Å². The molecule has 144 valence electrons. The first kappa shape index (κ1) is 23.8.